The average Bonchev–Trinajstić information content (AvgIpc) is 3.38. The predicted octanol–water partition coefficient (Wildman–Crippen LogP) is 15.9. The molecule has 0 N–H and O–H groups in total. The second kappa shape index (κ2) is 55.4. The SMILES string of the molecule is CC/C=C\C/C=C\C/C=C\C/C=C\C/C=C\C/C=C\C/C=C\C/C=C\C/C=C\CCCC(=O)OC(COC(=O)CCCCCCCC/C=C\C/C=C\C/C=C\CCCCCCC)COC(OCC[N+](C)(C)C)C(=O)[O-]. The third kappa shape index (κ3) is 56.7. The number of allylic oxidation sites excluding steroid dienone is 24. The molecular weight excluding hydrogens is 935 g/mol. The van der Waals surface area contributed by atoms with Gasteiger partial charge < -0.3 is 33.3 Å². The largest absolute Gasteiger partial charge is 0.545 e. The van der Waals surface area contributed by atoms with Crippen molar-refractivity contribution in [3.63, 3.8) is 0 Å². The molecule has 422 valence electrons. The fraction of sp³-hybridized carbons (Fsp3) is 0.591. The number of hydrogen-bond acceptors (Lipinski definition) is 8. The van der Waals surface area contributed by atoms with Crippen molar-refractivity contribution in [1.82, 2.24) is 0 Å². The van der Waals surface area contributed by atoms with E-state index in [9.17, 15) is 19.5 Å². The first-order valence-electron chi connectivity index (χ1n) is 29.0. The zero-order valence-electron chi connectivity index (χ0n) is 47.9. The van der Waals surface area contributed by atoms with Gasteiger partial charge in [-0.3, -0.25) is 9.59 Å². The van der Waals surface area contributed by atoms with Crippen molar-refractivity contribution in [3.8, 4) is 0 Å². The van der Waals surface area contributed by atoms with Crippen molar-refractivity contribution in [1.29, 1.82) is 0 Å². The van der Waals surface area contributed by atoms with E-state index in [2.05, 4.69) is 154 Å². The number of quaternary nitrogens is 1. The minimum Gasteiger partial charge on any atom is -0.545 e. The van der Waals surface area contributed by atoms with E-state index >= 15 is 0 Å². The smallest absolute Gasteiger partial charge is 0.306 e. The van der Waals surface area contributed by atoms with Gasteiger partial charge in [-0.25, -0.2) is 0 Å². The van der Waals surface area contributed by atoms with Crippen LogP contribution in [0.2, 0.25) is 0 Å². The lowest BCUT2D eigenvalue weighted by molar-refractivity contribution is -0.870. The number of hydrogen-bond donors (Lipinski definition) is 0. The van der Waals surface area contributed by atoms with E-state index < -0.39 is 30.3 Å². The molecule has 0 saturated heterocycles. The number of unbranched alkanes of at least 4 members (excludes halogenated alkanes) is 12. The fourth-order valence-electron chi connectivity index (χ4n) is 7.13. The number of aliphatic carboxylic acids is 1. The molecule has 0 amide bonds. The maximum atomic E-state index is 12.8. The second-order valence-corrected chi connectivity index (χ2v) is 19.8. The van der Waals surface area contributed by atoms with Crippen molar-refractivity contribution in [2.75, 3.05) is 47.5 Å². The van der Waals surface area contributed by atoms with Crippen molar-refractivity contribution in [2.45, 2.75) is 206 Å². The van der Waals surface area contributed by atoms with Gasteiger partial charge in [0.2, 0.25) is 0 Å². The predicted molar refractivity (Wildman–Crippen MR) is 315 cm³/mol. The van der Waals surface area contributed by atoms with Gasteiger partial charge in [-0.15, -0.1) is 0 Å². The Kier molecular flexibility index (Phi) is 51.8. The van der Waals surface area contributed by atoms with E-state index in [1.165, 1.54) is 38.5 Å². The molecule has 0 heterocycles. The highest BCUT2D eigenvalue weighted by atomic mass is 16.7. The first-order valence-corrected chi connectivity index (χ1v) is 29.0. The highest BCUT2D eigenvalue weighted by molar-refractivity contribution is 5.70. The van der Waals surface area contributed by atoms with Crippen LogP contribution in [0.3, 0.4) is 0 Å². The lowest BCUT2D eigenvalue weighted by Crippen LogP contribution is -2.44. The van der Waals surface area contributed by atoms with E-state index in [-0.39, 0.29) is 32.7 Å². The molecular formula is C66H105NO8. The summed E-state index contributed by atoms with van der Waals surface area (Å²) in [5.41, 5.74) is 0. The van der Waals surface area contributed by atoms with Gasteiger partial charge in [0.1, 0.15) is 13.2 Å². The molecule has 0 aromatic heterocycles. The van der Waals surface area contributed by atoms with Gasteiger partial charge in [-0.05, 0) is 116 Å². The van der Waals surface area contributed by atoms with E-state index in [1.807, 2.05) is 27.2 Å². The Labute approximate surface area is 458 Å². The molecule has 0 aromatic rings. The molecule has 0 spiro atoms. The number of likely N-dealkylation sites (N-methyl/N-ethyl adjacent to an activating group) is 1. The number of ether oxygens (including phenoxy) is 4. The Morgan fingerprint density at radius 1 is 0.413 bits per heavy atom. The van der Waals surface area contributed by atoms with Crippen molar-refractivity contribution >= 4 is 17.9 Å². The number of carbonyl (C=O) groups is 3. The molecule has 0 aliphatic heterocycles. The molecule has 75 heavy (non-hydrogen) atoms. The molecule has 0 radical (unpaired) electrons. The zero-order valence-corrected chi connectivity index (χ0v) is 47.9. The maximum Gasteiger partial charge on any atom is 0.306 e. The van der Waals surface area contributed by atoms with Crippen LogP contribution in [0.5, 0.6) is 0 Å². The number of carboxylic acids is 1. The number of esters is 2. The molecule has 9 heteroatoms. The lowest BCUT2D eigenvalue weighted by atomic mass is 10.1. The molecule has 9 nitrogen and oxygen atoms in total. The summed E-state index contributed by atoms with van der Waals surface area (Å²) in [6, 6.07) is 0. The molecule has 0 aromatic carbocycles. The first kappa shape index (κ1) is 70.2. The van der Waals surface area contributed by atoms with Gasteiger partial charge in [-0.1, -0.05) is 211 Å². The van der Waals surface area contributed by atoms with Gasteiger partial charge in [0, 0.05) is 12.8 Å². The summed E-state index contributed by atoms with van der Waals surface area (Å²) < 4.78 is 22.6. The standard InChI is InChI=1S/C66H105NO8/c1-6-8-10-12-14-16-18-20-22-24-26-28-29-30-31-32-33-34-35-37-39-41-43-45-47-49-51-53-55-57-64(69)75-62(61-74-66(65(70)71)72-59-58-67(3,4)5)60-73-63(68)56-54-52-50-48-46-44-42-40-38-36-27-25-23-21-19-17-15-13-11-9-7-2/h8,10,14,16,19-22,25-28,30-31,33-34,37-40,43,45,49,51,62,66H,6-7,9,11-13,15,17-18,23-24,29,32,35-36,41-42,44,46-48,50,52-61H2,1-5H3/b10-8-,16-14-,21-19-,22-20-,27-25-,28-26-,31-30-,34-33-,39-37-,40-38-,45-43-,51-49-. The lowest BCUT2D eigenvalue weighted by Gasteiger charge is -2.26. The van der Waals surface area contributed by atoms with E-state index in [0.717, 1.165) is 109 Å². The monoisotopic (exact) mass is 1040 g/mol. The number of carbonyl (C=O) groups excluding carboxylic acids is 3. The fourth-order valence-corrected chi connectivity index (χ4v) is 7.13. The number of carboxylic acid groups (broad SMARTS) is 1. The van der Waals surface area contributed by atoms with Crippen LogP contribution in [0.4, 0.5) is 0 Å². The van der Waals surface area contributed by atoms with Crippen LogP contribution >= 0.6 is 0 Å². The Balaban J connectivity index is 4.45. The zero-order chi connectivity index (χ0) is 54.8. The van der Waals surface area contributed by atoms with Gasteiger partial charge in [0.15, 0.2) is 12.4 Å². The molecule has 2 atom stereocenters. The normalized spacial score (nSPS) is 13.9. The summed E-state index contributed by atoms with van der Waals surface area (Å²) in [5, 5.41) is 11.8. The van der Waals surface area contributed by atoms with Crippen molar-refractivity contribution in [2.24, 2.45) is 0 Å². The van der Waals surface area contributed by atoms with E-state index in [4.69, 9.17) is 18.9 Å². The van der Waals surface area contributed by atoms with Crippen molar-refractivity contribution in [3.05, 3.63) is 146 Å². The van der Waals surface area contributed by atoms with Crippen LogP contribution in [-0.2, 0) is 33.3 Å². The third-order valence-corrected chi connectivity index (χ3v) is 11.6. The highest BCUT2D eigenvalue weighted by Crippen LogP contribution is 2.12. The molecule has 0 rings (SSSR count). The number of nitrogens with zero attached hydrogens (tertiary/aromatic N) is 1. The minimum absolute atomic E-state index is 0.125. The molecule has 0 bridgehead atoms. The highest BCUT2D eigenvalue weighted by Gasteiger charge is 2.21. The summed E-state index contributed by atoms with van der Waals surface area (Å²) in [7, 11) is 5.88. The van der Waals surface area contributed by atoms with Crippen LogP contribution in [0.25, 0.3) is 0 Å². The van der Waals surface area contributed by atoms with Crippen LogP contribution < -0.4 is 5.11 Å². The second-order valence-electron chi connectivity index (χ2n) is 19.8. The van der Waals surface area contributed by atoms with Gasteiger partial charge in [0.05, 0.1) is 40.3 Å². The summed E-state index contributed by atoms with van der Waals surface area (Å²) in [4.78, 5) is 37.3. The van der Waals surface area contributed by atoms with Crippen LogP contribution in [0.1, 0.15) is 194 Å². The quantitative estimate of drug-likeness (QED) is 0.0195. The maximum absolute atomic E-state index is 12.8. The van der Waals surface area contributed by atoms with Crippen molar-refractivity contribution < 1.29 is 42.9 Å². The molecule has 0 saturated carbocycles. The topological polar surface area (TPSA) is 111 Å². The van der Waals surface area contributed by atoms with Gasteiger partial charge in [-0.2, -0.15) is 0 Å². The Hall–Kier alpha value is -4.83. The minimum atomic E-state index is -1.65. The van der Waals surface area contributed by atoms with Crippen LogP contribution in [0, 0.1) is 0 Å². The molecule has 0 fully saturated rings. The third-order valence-electron chi connectivity index (χ3n) is 11.6. The summed E-state index contributed by atoms with van der Waals surface area (Å²) in [6.45, 7) is 4.51. The number of rotatable bonds is 51. The van der Waals surface area contributed by atoms with Crippen LogP contribution in [-0.4, -0.2) is 82.3 Å². The molecule has 0 aliphatic rings. The Morgan fingerprint density at radius 3 is 1.17 bits per heavy atom. The molecule has 0 aliphatic carbocycles. The van der Waals surface area contributed by atoms with Gasteiger partial charge in [0.25, 0.3) is 0 Å². The Bertz CT molecular complexity index is 1730. The summed E-state index contributed by atoms with van der Waals surface area (Å²) in [6.07, 6.45) is 77.5. The summed E-state index contributed by atoms with van der Waals surface area (Å²) in [5.74, 6) is -2.40. The van der Waals surface area contributed by atoms with Crippen LogP contribution in [0.15, 0.2) is 146 Å². The summed E-state index contributed by atoms with van der Waals surface area (Å²) >= 11 is 0. The first-order chi connectivity index (χ1) is 36.6. The molecule has 2 unspecified atom stereocenters. The average molecular weight is 1040 g/mol. The Morgan fingerprint density at radius 2 is 0.773 bits per heavy atom. The van der Waals surface area contributed by atoms with E-state index in [1.54, 1.807) is 0 Å². The van der Waals surface area contributed by atoms with E-state index in [0.29, 0.717) is 30.3 Å². The van der Waals surface area contributed by atoms with Gasteiger partial charge >= 0.3 is 11.9 Å².